The van der Waals surface area contributed by atoms with Crippen LogP contribution >= 0.6 is 0 Å². The molecule has 4 heteroatoms. The molecule has 1 aliphatic carbocycles. The zero-order valence-corrected chi connectivity index (χ0v) is 9.87. The van der Waals surface area contributed by atoms with E-state index in [1.54, 1.807) is 6.20 Å². The zero-order chi connectivity index (χ0) is 12.5. The molecule has 0 radical (unpaired) electrons. The monoisotopic (exact) mass is 242 g/mol. The molecule has 4 nitrogen and oxygen atoms in total. The van der Waals surface area contributed by atoms with Crippen LogP contribution < -0.4 is 10.5 Å². The second-order valence-corrected chi connectivity index (χ2v) is 4.64. The molecule has 0 bridgehead atoms. The first-order valence-corrected chi connectivity index (χ1v) is 6.04. The maximum Gasteiger partial charge on any atom is 0.220 e. The summed E-state index contributed by atoms with van der Waals surface area (Å²) in [6.07, 6.45) is 3.24. The van der Waals surface area contributed by atoms with E-state index in [0.717, 1.165) is 16.7 Å². The minimum Gasteiger partial charge on any atom is -0.488 e. The Morgan fingerprint density at radius 2 is 2.06 bits per heavy atom. The van der Waals surface area contributed by atoms with Crippen LogP contribution in [0.15, 0.2) is 36.5 Å². The molecular weight excluding hydrogens is 228 g/mol. The number of fused-ring (bicyclic) bond motifs is 1. The van der Waals surface area contributed by atoms with Crippen LogP contribution in [0.3, 0.4) is 0 Å². The first-order chi connectivity index (χ1) is 8.74. The molecule has 92 valence electrons. The van der Waals surface area contributed by atoms with Gasteiger partial charge in [-0.2, -0.15) is 0 Å². The van der Waals surface area contributed by atoms with E-state index < -0.39 is 0 Å². The summed E-state index contributed by atoms with van der Waals surface area (Å²) in [5, 5.41) is 1.06. The van der Waals surface area contributed by atoms with Crippen LogP contribution in [-0.2, 0) is 4.79 Å². The van der Waals surface area contributed by atoms with Crippen molar-refractivity contribution < 1.29 is 9.53 Å². The lowest BCUT2D eigenvalue weighted by Crippen LogP contribution is -2.41. The van der Waals surface area contributed by atoms with Crippen LogP contribution in [0.2, 0.25) is 0 Å². The van der Waals surface area contributed by atoms with E-state index >= 15 is 0 Å². The average Bonchev–Trinajstić information content (AvgIpc) is 2.33. The van der Waals surface area contributed by atoms with E-state index in [1.165, 1.54) is 0 Å². The summed E-state index contributed by atoms with van der Waals surface area (Å²) >= 11 is 0. The predicted molar refractivity (Wildman–Crippen MR) is 68.1 cm³/mol. The lowest BCUT2D eigenvalue weighted by atomic mass is 9.82. The normalized spacial score (nSPS) is 22.4. The molecule has 0 saturated heterocycles. The highest BCUT2D eigenvalue weighted by Gasteiger charge is 2.34. The molecule has 0 aliphatic heterocycles. The van der Waals surface area contributed by atoms with Crippen molar-refractivity contribution in [1.82, 2.24) is 4.98 Å². The average molecular weight is 242 g/mol. The molecule has 1 amide bonds. The first-order valence-electron chi connectivity index (χ1n) is 6.04. The molecule has 2 N–H and O–H groups in total. The van der Waals surface area contributed by atoms with Crippen molar-refractivity contribution >= 4 is 16.8 Å². The molecule has 1 aromatic carbocycles. The maximum absolute atomic E-state index is 10.9. The fourth-order valence-electron chi connectivity index (χ4n) is 2.25. The third kappa shape index (κ3) is 1.90. The van der Waals surface area contributed by atoms with Gasteiger partial charge in [-0.25, -0.2) is 0 Å². The highest BCUT2D eigenvalue weighted by atomic mass is 16.5. The van der Waals surface area contributed by atoms with Crippen molar-refractivity contribution in [1.29, 1.82) is 0 Å². The molecule has 0 unspecified atom stereocenters. The summed E-state index contributed by atoms with van der Waals surface area (Å²) in [5.41, 5.74) is 6.10. The number of carbonyl (C=O) groups is 1. The molecule has 1 fully saturated rings. The van der Waals surface area contributed by atoms with Gasteiger partial charge < -0.3 is 10.5 Å². The number of hydrogen-bond acceptors (Lipinski definition) is 3. The molecule has 1 saturated carbocycles. The number of amides is 1. The minimum atomic E-state index is -0.231. The smallest absolute Gasteiger partial charge is 0.220 e. The number of nitrogens with two attached hydrogens (primary N) is 1. The fourth-order valence-corrected chi connectivity index (χ4v) is 2.25. The summed E-state index contributed by atoms with van der Waals surface area (Å²) in [5.74, 6) is 0.518. The van der Waals surface area contributed by atoms with Crippen molar-refractivity contribution in [2.75, 3.05) is 0 Å². The van der Waals surface area contributed by atoms with Crippen molar-refractivity contribution in [3.8, 4) is 5.75 Å². The molecule has 3 rings (SSSR count). The highest BCUT2D eigenvalue weighted by molar-refractivity contribution is 5.84. The Bertz CT molecular complexity index is 586. The Labute approximate surface area is 105 Å². The number of para-hydroxylation sites is 1. The van der Waals surface area contributed by atoms with Gasteiger partial charge in [-0.3, -0.25) is 9.78 Å². The van der Waals surface area contributed by atoms with Crippen LogP contribution in [0.4, 0.5) is 0 Å². The third-order valence-electron chi connectivity index (χ3n) is 3.39. The number of carbonyl (C=O) groups excluding carboxylic acids is 1. The van der Waals surface area contributed by atoms with E-state index in [2.05, 4.69) is 4.98 Å². The number of ether oxygens (including phenoxy) is 1. The van der Waals surface area contributed by atoms with E-state index in [-0.39, 0.29) is 17.9 Å². The zero-order valence-electron chi connectivity index (χ0n) is 9.87. The highest BCUT2D eigenvalue weighted by Crippen LogP contribution is 2.33. The fraction of sp³-hybridized carbons (Fsp3) is 0.286. The minimum absolute atomic E-state index is 0.0297. The number of pyridine rings is 1. The Balaban J connectivity index is 1.78. The molecule has 0 atom stereocenters. The van der Waals surface area contributed by atoms with Gasteiger partial charge in [-0.05, 0) is 25.0 Å². The van der Waals surface area contributed by atoms with Crippen molar-refractivity contribution in [3.05, 3.63) is 36.5 Å². The van der Waals surface area contributed by atoms with Gasteiger partial charge in [-0.15, -0.1) is 0 Å². The quantitative estimate of drug-likeness (QED) is 0.893. The molecule has 1 aliphatic rings. The molecule has 1 aromatic heterocycles. The summed E-state index contributed by atoms with van der Waals surface area (Å²) in [6, 6.07) is 9.76. The Hall–Kier alpha value is -2.10. The van der Waals surface area contributed by atoms with Crippen LogP contribution in [0.25, 0.3) is 10.9 Å². The van der Waals surface area contributed by atoms with E-state index in [4.69, 9.17) is 10.5 Å². The summed E-state index contributed by atoms with van der Waals surface area (Å²) < 4.78 is 5.87. The number of primary amides is 1. The van der Waals surface area contributed by atoms with Crippen LogP contribution in [0, 0.1) is 5.92 Å². The van der Waals surface area contributed by atoms with Gasteiger partial charge in [0.1, 0.15) is 17.4 Å². The second kappa shape index (κ2) is 4.29. The number of aromatic nitrogens is 1. The second-order valence-electron chi connectivity index (χ2n) is 4.64. The Kier molecular flexibility index (Phi) is 2.63. The lowest BCUT2D eigenvalue weighted by molar-refractivity contribution is -0.127. The SMILES string of the molecule is NC(=O)C1CC(Oc2cccc3cccnc23)C1. The predicted octanol–water partition coefficient (Wildman–Crippen LogP) is 1.88. The van der Waals surface area contributed by atoms with Gasteiger partial charge in [-0.1, -0.05) is 18.2 Å². The van der Waals surface area contributed by atoms with Crippen molar-refractivity contribution in [2.45, 2.75) is 18.9 Å². The Morgan fingerprint density at radius 1 is 1.28 bits per heavy atom. The molecule has 0 spiro atoms. The van der Waals surface area contributed by atoms with Crippen LogP contribution in [-0.4, -0.2) is 17.0 Å². The van der Waals surface area contributed by atoms with Gasteiger partial charge in [0, 0.05) is 17.5 Å². The summed E-state index contributed by atoms with van der Waals surface area (Å²) in [4.78, 5) is 15.3. The van der Waals surface area contributed by atoms with E-state index in [1.807, 2.05) is 30.3 Å². The molecule has 1 heterocycles. The van der Waals surface area contributed by atoms with Gasteiger partial charge in [0.2, 0.25) is 5.91 Å². The van der Waals surface area contributed by atoms with Crippen LogP contribution in [0.1, 0.15) is 12.8 Å². The third-order valence-corrected chi connectivity index (χ3v) is 3.39. The topological polar surface area (TPSA) is 65.2 Å². The van der Waals surface area contributed by atoms with Crippen molar-refractivity contribution in [3.63, 3.8) is 0 Å². The largest absolute Gasteiger partial charge is 0.488 e. The first kappa shape index (κ1) is 11.0. The van der Waals surface area contributed by atoms with E-state index in [9.17, 15) is 4.79 Å². The van der Waals surface area contributed by atoms with Gasteiger partial charge in [0.05, 0.1) is 0 Å². The lowest BCUT2D eigenvalue weighted by Gasteiger charge is -2.33. The standard InChI is InChI=1S/C14H14N2O2/c15-14(17)10-7-11(8-10)18-12-5-1-3-9-4-2-6-16-13(9)12/h1-6,10-11H,7-8H2,(H2,15,17). The maximum atomic E-state index is 10.9. The number of hydrogen-bond donors (Lipinski definition) is 1. The van der Waals surface area contributed by atoms with Gasteiger partial charge >= 0.3 is 0 Å². The molecule has 18 heavy (non-hydrogen) atoms. The summed E-state index contributed by atoms with van der Waals surface area (Å²) in [7, 11) is 0. The van der Waals surface area contributed by atoms with Gasteiger partial charge in [0.25, 0.3) is 0 Å². The van der Waals surface area contributed by atoms with E-state index in [0.29, 0.717) is 12.8 Å². The summed E-state index contributed by atoms with van der Waals surface area (Å²) in [6.45, 7) is 0. The number of benzene rings is 1. The van der Waals surface area contributed by atoms with Crippen LogP contribution in [0.5, 0.6) is 5.75 Å². The molecular formula is C14H14N2O2. The van der Waals surface area contributed by atoms with Crippen molar-refractivity contribution in [2.24, 2.45) is 11.7 Å². The van der Waals surface area contributed by atoms with Gasteiger partial charge in [0.15, 0.2) is 0 Å². The Morgan fingerprint density at radius 3 is 2.83 bits per heavy atom. The number of nitrogens with zero attached hydrogens (tertiary/aromatic N) is 1. The number of rotatable bonds is 3. The molecule has 2 aromatic rings.